The summed E-state index contributed by atoms with van der Waals surface area (Å²) in [6, 6.07) is 14.2. The molecule has 5 nitrogen and oxygen atoms in total. The van der Waals surface area contributed by atoms with Crippen molar-refractivity contribution in [2.75, 3.05) is 43.9 Å². The number of nitrogens with zero attached hydrogens (tertiary/aromatic N) is 3. The smallest absolute Gasteiger partial charge is 0.239 e. The Labute approximate surface area is 193 Å². The number of benzene rings is 2. The van der Waals surface area contributed by atoms with Gasteiger partial charge in [-0.1, -0.05) is 38.2 Å². The van der Waals surface area contributed by atoms with Crippen molar-refractivity contribution in [1.29, 1.82) is 0 Å². The van der Waals surface area contributed by atoms with Crippen molar-refractivity contribution < 1.29 is 9.53 Å². The molecule has 0 fully saturated rings. The molecule has 0 atom stereocenters. The third-order valence-corrected chi connectivity index (χ3v) is 7.38. The highest BCUT2D eigenvalue weighted by atomic mass is 32.2. The van der Waals surface area contributed by atoms with E-state index in [-0.39, 0.29) is 5.91 Å². The summed E-state index contributed by atoms with van der Waals surface area (Å²) >= 11 is 3.15. The van der Waals surface area contributed by atoms with Gasteiger partial charge in [0.25, 0.3) is 0 Å². The minimum absolute atomic E-state index is 0.0859. The number of methoxy groups -OCH3 is 1. The maximum Gasteiger partial charge on any atom is 0.239 e. The van der Waals surface area contributed by atoms with Gasteiger partial charge >= 0.3 is 0 Å². The molecule has 0 aliphatic rings. The largest absolute Gasteiger partial charge is 0.497 e. The van der Waals surface area contributed by atoms with Gasteiger partial charge in [-0.15, -0.1) is 11.8 Å². The van der Waals surface area contributed by atoms with Crippen molar-refractivity contribution in [3.8, 4) is 5.75 Å². The van der Waals surface area contributed by atoms with Crippen LogP contribution in [0.15, 0.2) is 47.4 Å². The molecule has 1 heterocycles. The van der Waals surface area contributed by atoms with Gasteiger partial charge in [-0.05, 0) is 61.5 Å². The average molecular weight is 458 g/mol. The monoisotopic (exact) mass is 457 g/mol. The van der Waals surface area contributed by atoms with Crippen LogP contribution in [-0.4, -0.2) is 54.8 Å². The molecule has 0 saturated heterocycles. The van der Waals surface area contributed by atoms with Gasteiger partial charge in [-0.25, -0.2) is 4.98 Å². The van der Waals surface area contributed by atoms with E-state index in [2.05, 4.69) is 43.9 Å². The van der Waals surface area contributed by atoms with Gasteiger partial charge in [0.15, 0.2) is 5.13 Å². The maximum absolute atomic E-state index is 13.3. The summed E-state index contributed by atoms with van der Waals surface area (Å²) in [4.78, 5) is 23.3. The molecule has 3 rings (SSSR count). The number of fused-ring (bicyclic) bond motifs is 1. The Morgan fingerprint density at radius 2 is 1.81 bits per heavy atom. The zero-order valence-electron chi connectivity index (χ0n) is 18.8. The van der Waals surface area contributed by atoms with E-state index in [9.17, 15) is 4.79 Å². The number of thioether (sulfide) groups is 1. The molecule has 3 aromatic rings. The third kappa shape index (κ3) is 6.21. The number of carbonyl (C=O) groups excluding carboxylic acids is 1. The molecule has 0 spiro atoms. The molecular formula is C24H31N3O2S2. The fourth-order valence-electron chi connectivity index (χ4n) is 3.30. The normalized spacial score (nSPS) is 11.3. The van der Waals surface area contributed by atoms with Gasteiger partial charge in [-0.3, -0.25) is 9.69 Å². The first-order chi connectivity index (χ1) is 15.1. The lowest BCUT2D eigenvalue weighted by Gasteiger charge is -2.24. The summed E-state index contributed by atoms with van der Waals surface area (Å²) in [5, 5.41) is 0.788. The first kappa shape index (κ1) is 23.6. The van der Waals surface area contributed by atoms with E-state index >= 15 is 0 Å². The fourth-order valence-corrected chi connectivity index (χ4v) is 5.14. The number of thiazole rings is 1. The second-order valence-corrected chi connectivity index (χ2v) is 9.25. The van der Waals surface area contributed by atoms with Crippen LogP contribution in [0.4, 0.5) is 5.13 Å². The highest BCUT2D eigenvalue weighted by Crippen LogP contribution is 2.31. The van der Waals surface area contributed by atoms with Gasteiger partial charge in [-0.2, -0.15) is 0 Å². The van der Waals surface area contributed by atoms with Crippen molar-refractivity contribution >= 4 is 44.4 Å². The first-order valence-corrected chi connectivity index (χ1v) is 12.6. The molecule has 31 heavy (non-hydrogen) atoms. The number of rotatable bonds is 11. The van der Waals surface area contributed by atoms with Crippen LogP contribution in [0.3, 0.4) is 0 Å². The highest BCUT2D eigenvalue weighted by Gasteiger charge is 2.21. The summed E-state index contributed by atoms with van der Waals surface area (Å²) in [5.41, 5.74) is 2.25. The molecular weight excluding hydrogens is 426 g/mol. The van der Waals surface area contributed by atoms with Crippen molar-refractivity contribution in [2.45, 2.75) is 32.1 Å². The Bertz CT molecular complexity index is 984. The van der Waals surface area contributed by atoms with E-state index < -0.39 is 0 Å². The Hall–Kier alpha value is -2.09. The molecule has 1 aromatic heterocycles. The Balaban J connectivity index is 1.78. The maximum atomic E-state index is 13.3. The number of amides is 1. The van der Waals surface area contributed by atoms with Crippen LogP contribution in [0.1, 0.15) is 26.3 Å². The van der Waals surface area contributed by atoms with E-state index in [0.717, 1.165) is 52.0 Å². The molecule has 0 saturated carbocycles. The van der Waals surface area contributed by atoms with Crippen LogP contribution < -0.4 is 9.64 Å². The summed E-state index contributed by atoms with van der Waals surface area (Å²) in [6.45, 7) is 9.88. The van der Waals surface area contributed by atoms with Crippen LogP contribution in [0.2, 0.25) is 0 Å². The Kier molecular flexibility index (Phi) is 8.75. The van der Waals surface area contributed by atoms with E-state index in [1.165, 1.54) is 5.56 Å². The molecule has 0 unspecified atom stereocenters. The molecule has 0 bridgehead atoms. The molecule has 0 aliphatic heterocycles. The number of anilines is 1. The molecule has 0 aliphatic carbocycles. The molecule has 7 heteroatoms. The predicted molar refractivity (Wildman–Crippen MR) is 133 cm³/mol. The summed E-state index contributed by atoms with van der Waals surface area (Å²) in [5.74, 6) is 1.28. The Morgan fingerprint density at radius 1 is 1.06 bits per heavy atom. The number of hydrogen-bond donors (Lipinski definition) is 0. The lowest BCUT2D eigenvalue weighted by molar-refractivity contribution is -0.116. The van der Waals surface area contributed by atoms with Crippen LogP contribution in [-0.2, 0) is 11.2 Å². The van der Waals surface area contributed by atoms with E-state index in [4.69, 9.17) is 9.72 Å². The van der Waals surface area contributed by atoms with Gasteiger partial charge in [0.2, 0.25) is 5.91 Å². The van der Waals surface area contributed by atoms with Crippen LogP contribution in [0.5, 0.6) is 5.75 Å². The number of aromatic nitrogens is 1. The predicted octanol–water partition coefficient (Wildman–Crippen LogP) is 5.33. The van der Waals surface area contributed by atoms with Crippen LogP contribution >= 0.6 is 23.1 Å². The van der Waals surface area contributed by atoms with E-state index in [1.54, 1.807) is 30.2 Å². The summed E-state index contributed by atoms with van der Waals surface area (Å²) < 4.78 is 6.35. The minimum Gasteiger partial charge on any atom is -0.497 e. The van der Waals surface area contributed by atoms with Crippen molar-refractivity contribution in [2.24, 2.45) is 0 Å². The van der Waals surface area contributed by atoms with Crippen LogP contribution in [0, 0.1) is 0 Å². The number of likely N-dealkylation sites (N-methyl/N-ethyl adjacent to an activating group) is 1. The number of carbonyl (C=O) groups is 1. The molecule has 2 aromatic carbocycles. The third-order valence-electron chi connectivity index (χ3n) is 5.34. The topological polar surface area (TPSA) is 45.7 Å². The molecule has 166 valence electrons. The Morgan fingerprint density at radius 3 is 2.45 bits per heavy atom. The molecule has 1 amide bonds. The fraction of sp³-hybridized carbons (Fsp3) is 0.417. The van der Waals surface area contributed by atoms with Gasteiger partial charge < -0.3 is 9.64 Å². The van der Waals surface area contributed by atoms with Crippen molar-refractivity contribution in [1.82, 2.24) is 9.88 Å². The zero-order chi connectivity index (χ0) is 22.2. The second-order valence-electron chi connectivity index (χ2n) is 7.19. The molecule has 0 N–H and O–H groups in total. The summed E-state index contributed by atoms with van der Waals surface area (Å²) in [7, 11) is 1.65. The first-order valence-electron chi connectivity index (χ1n) is 10.8. The van der Waals surface area contributed by atoms with Crippen molar-refractivity contribution in [3.63, 3.8) is 0 Å². The standard InChI is InChI=1S/C24H31N3O2S2/c1-5-18-8-13-21-22(16-18)31-24(25-21)27(15-14-26(6-2)7-3)23(28)17-30-20-11-9-19(29-4)10-12-20/h8-13,16H,5-7,14-15,17H2,1-4H3. The quantitative estimate of drug-likeness (QED) is 0.364. The van der Waals surface area contributed by atoms with Gasteiger partial charge in [0, 0.05) is 18.0 Å². The number of hydrogen-bond acceptors (Lipinski definition) is 6. The second kappa shape index (κ2) is 11.5. The van der Waals surface area contributed by atoms with E-state index in [1.807, 2.05) is 29.2 Å². The zero-order valence-corrected chi connectivity index (χ0v) is 20.4. The summed E-state index contributed by atoms with van der Waals surface area (Å²) in [6.07, 6.45) is 0.992. The highest BCUT2D eigenvalue weighted by molar-refractivity contribution is 8.00. The van der Waals surface area contributed by atoms with Gasteiger partial charge in [0.05, 0.1) is 23.1 Å². The molecule has 0 radical (unpaired) electrons. The van der Waals surface area contributed by atoms with Gasteiger partial charge in [0.1, 0.15) is 5.75 Å². The number of aryl methyl sites for hydroxylation is 1. The SMILES string of the molecule is CCc1ccc2nc(N(CCN(CC)CC)C(=O)CSc3ccc(OC)cc3)sc2c1. The van der Waals surface area contributed by atoms with E-state index in [0.29, 0.717) is 12.3 Å². The minimum atomic E-state index is 0.0859. The van der Waals surface area contributed by atoms with Crippen molar-refractivity contribution in [3.05, 3.63) is 48.0 Å². The van der Waals surface area contributed by atoms with Crippen LogP contribution in [0.25, 0.3) is 10.2 Å². The average Bonchev–Trinajstić information content (AvgIpc) is 3.23. The number of ether oxygens (including phenoxy) is 1. The lowest BCUT2D eigenvalue weighted by Crippen LogP contribution is -2.39. The lowest BCUT2D eigenvalue weighted by atomic mass is 10.2.